The molecular formula is C16H20N2O2. The van der Waals surface area contributed by atoms with Crippen molar-refractivity contribution in [3.8, 4) is 5.69 Å². The Morgan fingerprint density at radius 3 is 2.40 bits per heavy atom. The van der Waals surface area contributed by atoms with E-state index >= 15 is 0 Å². The Bertz CT molecular complexity index is 711. The van der Waals surface area contributed by atoms with Crippen molar-refractivity contribution in [3.05, 3.63) is 62.9 Å². The van der Waals surface area contributed by atoms with Gasteiger partial charge in [0.25, 0.3) is 0 Å². The van der Waals surface area contributed by atoms with Gasteiger partial charge in [0, 0.05) is 18.9 Å². The molecule has 0 fully saturated rings. The summed E-state index contributed by atoms with van der Waals surface area (Å²) >= 11 is 0. The number of hydrogen-bond acceptors (Lipinski definition) is 2. The van der Waals surface area contributed by atoms with Crippen molar-refractivity contribution in [3.63, 3.8) is 0 Å². The van der Waals surface area contributed by atoms with Crippen LogP contribution in [0.2, 0.25) is 0 Å². The summed E-state index contributed by atoms with van der Waals surface area (Å²) in [5, 5.41) is 0. The molecule has 0 saturated carbocycles. The molecule has 0 saturated heterocycles. The lowest BCUT2D eigenvalue weighted by atomic mass is 10.1. The van der Waals surface area contributed by atoms with Crippen LogP contribution in [0.5, 0.6) is 0 Å². The average molecular weight is 272 g/mol. The number of aromatic nitrogens is 2. The summed E-state index contributed by atoms with van der Waals surface area (Å²) in [5.41, 5.74) is 0.765. The van der Waals surface area contributed by atoms with Gasteiger partial charge in [-0.15, -0.1) is 0 Å². The summed E-state index contributed by atoms with van der Waals surface area (Å²) in [7, 11) is 0. The number of hydrogen-bond donors (Lipinski definition) is 0. The lowest BCUT2D eigenvalue weighted by molar-refractivity contribution is 0.503. The van der Waals surface area contributed by atoms with Crippen molar-refractivity contribution in [1.82, 2.24) is 9.13 Å². The molecule has 20 heavy (non-hydrogen) atoms. The third kappa shape index (κ3) is 2.90. The number of rotatable bonds is 4. The van der Waals surface area contributed by atoms with Gasteiger partial charge in [-0.2, -0.15) is 0 Å². The molecule has 1 aromatic heterocycles. The highest BCUT2D eigenvalue weighted by atomic mass is 16.2. The van der Waals surface area contributed by atoms with Gasteiger partial charge in [0.1, 0.15) is 0 Å². The molecule has 1 aromatic carbocycles. The van der Waals surface area contributed by atoms with E-state index in [1.165, 1.54) is 9.13 Å². The van der Waals surface area contributed by atoms with Crippen molar-refractivity contribution in [2.45, 2.75) is 33.7 Å². The molecule has 0 aliphatic rings. The van der Waals surface area contributed by atoms with Crippen molar-refractivity contribution < 1.29 is 0 Å². The SMILES string of the molecule is Cc1ccccc1-n1ccn(CCC(C)C)c(=O)c1=O. The second-order valence-corrected chi connectivity index (χ2v) is 5.44. The Hall–Kier alpha value is -2.10. The van der Waals surface area contributed by atoms with E-state index in [4.69, 9.17) is 0 Å². The third-order valence-corrected chi connectivity index (χ3v) is 3.38. The van der Waals surface area contributed by atoms with E-state index in [0.717, 1.165) is 17.7 Å². The Balaban J connectivity index is 2.45. The number of para-hydroxylation sites is 1. The maximum Gasteiger partial charge on any atom is 0.320 e. The molecule has 0 unspecified atom stereocenters. The normalized spacial score (nSPS) is 11.0. The van der Waals surface area contributed by atoms with E-state index in [1.807, 2.05) is 31.2 Å². The van der Waals surface area contributed by atoms with Crippen LogP contribution in [-0.4, -0.2) is 9.13 Å². The zero-order chi connectivity index (χ0) is 14.7. The summed E-state index contributed by atoms with van der Waals surface area (Å²) in [6.45, 7) is 6.70. The maximum atomic E-state index is 12.2. The van der Waals surface area contributed by atoms with Gasteiger partial charge in [-0.05, 0) is 30.9 Å². The lowest BCUT2D eigenvalue weighted by Crippen LogP contribution is -2.40. The molecule has 0 aliphatic heterocycles. The first kappa shape index (κ1) is 14.3. The molecule has 0 aliphatic carbocycles. The fraction of sp³-hybridized carbons (Fsp3) is 0.375. The molecule has 0 amide bonds. The van der Waals surface area contributed by atoms with Crippen LogP contribution in [0, 0.1) is 12.8 Å². The van der Waals surface area contributed by atoms with Crippen molar-refractivity contribution >= 4 is 0 Å². The quantitative estimate of drug-likeness (QED) is 0.802. The Morgan fingerprint density at radius 1 is 1.05 bits per heavy atom. The van der Waals surface area contributed by atoms with Crippen LogP contribution < -0.4 is 11.1 Å². The molecule has 0 bridgehead atoms. The van der Waals surface area contributed by atoms with Crippen LogP contribution in [0.15, 0.2) is 46.2 Å². The van der Waals surface area contributed by atoms with E-state index in [0.29, 0.717) is 12.5 Å². The molecule has 4 heteroatoms. The van der Waals surface area contributed by atoms with Gasteiger partial charge in [-0.25, -0.2) is 0 Å². The summed E-state index contributed by atoms with van der Waals surface area (Å²) in [6, 6.07) is 7.54. The molecule has 0 spiro atoms. The average Bonchev–Trinajstić information content (AvgIpc) is 2.41. The summed E-state index contributed by atoms with van der Waals surface area (Å²) < 4.78 is 2.92. The van der Waals surface area contributed by atoms with E-state index in [1.54, 1.807) is 12.4 Å². The van der Waals surface area contributed by atoms with Gasteiger partial charge in [0.05, 0.1) is 5.69 Å². The maximum absolute atomic E-state index is 12.2. The summed E-state index contributed by atoms with van der Waals surface area (Å²) in [5.74, 6) is 0.501. The second-order valence-electron chi connectivity index (χ2n) is 5.44. The van der Waals surface area contributed by atoms with Gasteiger partial charge in [-0.3, -0.25) is 14.2 Å². The van der Waals surface area contributed by atoms with Gasteiger partial charge in [0.2, 0.25) is 0 Å². The first-order chi connectivity index (χ1) is 9.50. The molecule has 0 atom stereocenters. The second kappa shape index (κ2) is 5.90. The van der Waals surface area contributed by atoms with E-state index in [9.17, 15) is 9.59 Å². The van der Waals surface area contributed by atoms with Crippen molar-refractivity contribution in [2.24, 2.45) is 5.92 Å². The minimum absolute atomic E-state index is 0.462. The topological polar surface area (TPSA) is 44.0 Å². The molecule has 2 rings (SSSR count). The lowest BCUT2D eigenvalue weighted by Gasteiger charge is -2.11. The Morgan fingerprint density at radius 2 is 1.75 bits per heavy atom. The summed E-state index contributed by atoms with van der Waals surface area (Å²) in [6.07, 6.45) is 4.25. The first-order valence-electron chi connectivity index (χ1n) is 6.89. The zero-order valence-electron chi connectivity index (χ0n) is 12.2. The largest absolute Gasteiger partial charge is 0.320 e. The third-order valence-electron chi connectivity index (χ3n) is 3.38. The summed E-state index contributed by atoms with van der Waals surface area (Å²) in [4.78, 5) is 24.3. The predicted octanol–water partition coefficient (Wildman–Crippen LogP) is 2.35. The van der Waals surface area contributed by atoms with Crippen LogP contribution in [0.3, 0.4) is 0 Å². The van der Waals surface area contributed by atoms with Crippen LogP contribution in [0.25, 0.3) is 5.69 Å². The number of aryl methyl sites for hydroxylation is 2. The fourth-order valence-corrected chi connectivity index (χ4v) is 2.11. The fourth-order valence-electron chi connectivity index (χ4n) is 2.11. The number of benzene rings is 1. The highest BCUT2D eigenvalue weighted by molar-refractivity contribution is 5.39. The van der Waals surface area contributed by atoms with E-state index in [2.05, 4.69) is 13.8 Å². The minimum atomic E-state index is -0.495. The molecule has 4 nitrogen and oxygen atoms in total. The van der Waals surface area contributed by atoms with E-state index in [-0.39, 0.29) is 0 Å². The predicted molar refractivity (Wildman–Crippen MR) is 80.5 cm³/mol. The minimum Gasteiger partial charge on any atom is -0.309 e. The molecule has 106 valence electrons. The zero-order valence-corrected chi connectivity index (χ0v) is 12.2. The molecule has 0 radical (unpaired) electrons. The molecule has 1 heterocycles. The first-order valence-corrected chi connectivity index (χ1v) is 6.89. The van der Waals surface area contributed by atoms with E-state index < -0.39 is 11.1 Å². The monoisotopic (exact) mass is 272 g/mol. The highest BCUT2D eigenvalue weighted by Gasteiger charge is 2.08. The Labute approximate surface area is 118 Å². The van der Waals surface area contributed by atoms with Gasteiger partial charge >= 0.3 is 11.1 Å². The Kier molecular flexibility index (Phi) is 4.23. The standard InChI is InChI=1S/C16H20N2O2/c1-12(2)8-9-17-10-11-18(16(20)15(17)19)14-7-5-4-6-13(14)3/h4-7,10-12H,8-9H2,1-3H3. The van der Waals surface area contributed by atoms with Crippen LogP contribution >= 0.6 is 0 Å². The number of nitrogens with zero attached hydrogens (tertiary/aromatic N) is 2. The van der Waals surface area contributed by atoms with Gasteiger partial charge in [0.15, 0.2) is 0 Å². The van der Waals surface area contributed by atoms with Crippen molar-refractivity contribution in [1.29, 1.82) is 0 Å². The molecule has 0 N–H and O–H groups in total. The van der Waals surface area contributed by atoms with Crippen LogP contribution in [0.1, 0.15) is 25.8 Å². The van der Waals surface area contributed by atoms with Gasteiger partial charge in [-0.1, -0.05) is 32.0 Å². The molecule has 2 aromatic rings. The smallest absolute Gasteiger partial charge is 0.309 e. The van der Waals surface area contributed by atoms with Crippen LogP contribution in [0.4, 0.5) is 0 Å². The van der Waals surface area contributed by atoms with Crippen LogP contribution in [-0.2, 0) is 6.54 Å². The highest BCUT2D eigenvalue weighted by Crippen LogP contribution is 2.10. The molecular weight excluding hydrogens is 252 g/mol. The van der Waals surface area contributed by atoms with Crippen molar-refractivity contribution in [2.75, 3.05) is 0 Å². The van der Waals surface area contributed by atoms with Gasteiger partial charge < -0.3 is 4.57 Å².